The Balaban J connectivity index is 2.01. The van der Waals surface area contributed by atoms with Crippen LogP contribution < -0.4 is 10.9 Å². The zero-order valence-corrected chi connectivity index (χ0v) is 11.3. The van der Waals surface area contributed by atoms with Crippen molar-refractivity contribution < 1.29 is 4.79 Å². The molecule has 1 aliphatic heterocycles. The van der Waals surface area contributed by atoms with Crippen LogP contribution in [0.4, 0.5) is 0 Å². The molecule has 2 heterocycles. The molecule has 20 heavy (non-hydrogen) atoms. The van der Waals surface area contributed by atoms with E-state index in [4.69, 9.17) is 0 Å². The second-order valence-electron chi connectivity index (χ2n) is 5.15. The predicted octanol–water partition coefficient (Wildman–Crippen LogP) is 0.962. The molecule has 0 radical (unpaired) electrons. The van der Waals surface area contributed by atoms with Crippen molar-refractivity contribution in [2.75, 3.05) is 19.6 Å². The summed E-state index contributed by atoms with van der Waals surface area (Å²) in [6.07, 6.45) is 0. The summed E-state index contributed by atoms with van der Waals surface area (Å²) >= 11 is 0. The number of carbonyl (C=O) groups is 1. The maximum Gasteiger partial charge on any atom is 0.270 e. The van der Waals surface area contributed by atoms with E-state index in [0.717, 1.165) is 18.5 Å². The van der Waals surface area contributed by atoms with Crippen LogP contribution in [0.15, 0.2) is 35.1 Å². The van der Waals surface area contributed by atoms with Crippen molar-refractivity contribution in [2.45, 2.75) is 13.0 Å². The van der Waals surface area contributed by atoms with E-state index >= 15 is 0 Å². The summed E-state index contributed by atoms with van der Waals surface area (Å²) in [5, 5.41) is 4.65. The molecular formula is C15H17N3O2. The Hall–Kier alpha value is -2.14. The molecule has 1 fully saturated rings. The van der Waals surface area contributed by atoms with E-state index in [1.807, 2.05) is 25.1 Å². The average molecular weight is 271 g/mol. The first-order valence-corrected chi connectivity index (χ1v) is 6.80. The lowest BCUT2D eigenvalue weighted by molar-refractivity contribution is 0.0649. The fraction of sp³-hybridized carbons (Fsp3) is 0.333. The van der Waals surface area contributed by atoms with E-state index in [9.17, 15) is 9.59 Å². The van der Waals surface area contributed by atoms with Gasteiger partial charge in [-0.05, 0) is 24.4 Å². The molecule has 1 aliphatic rings. The molecule has 3 rings (SSSR count). The number of hydrogen-bond donors (Lipinski definition) is 2. The Morgan fingerprint density at radius 2 is 2.15 bits per heavy atom. The summed E-state index contributed by atoms with van der Waals surface area (Å²) in [4.78, 5) is 29.1. The van der Waals surface area contributed by atoms with Gasteiger partial charge in [-0.15, -0.1) is 0 Å². The number of piperazine rings is 1. The maximum absolute atomic E-state index is 12.5. The van der Waals surface area contributed by atoms with Crippen molar-refractivity contribution in [1.29, 1.82) is 0 Å². The molecule has 0 aliphatic carbocycles. The third-order valence-electron chi connectivity index (χ3n) is 3.75. The highest BCUT2D eigenvalue weighted by molar-refractivity contribution is 5.96. The smallest absolute Gasteiger partial charge is 0.270 e. The van der Waals surface area contributed by atoms with Crippen molar-refractivity contribution in [3.63, 3.8) is 0 Å². The third kappa shape index (κ3) is 2.20. The van der Waals surface area contributed by atoms with Crippen molar-refractivity contribution in [3.05, 3.63) is 46.4 Å². The maximum atomic E-state index is 12.5. The van der Waals surface area contributed by atoms with Crippen LogP contribution in [-0.2, 0) is 0 Å². The Kier molecular flexibility index (Phi) is 3.28. The first-order chi connectivity index (χ1) is 9.66. The van der Waals surface area contributed by atoms with Gasteiger partial charge < -0.3 is 15.2 Å². The van der Waals surface area contributed by atoms with Gasteiger partial charge in [0.2, 0.25) is 0 Å². The monoisotopic (exact) mass is 271 g/mol. The van der Waals surface area contributed by atoms with E-state index in [1.165, 1.54) is 0 Å². The highest BCUT2D eigenvalue weighted by Gasteiger charge is 2.24. The lowest BCUT2D eigenvalue weighted by atomic mass is 10.1. The summed E-state index contributed by atoms with van der Waals surface area (Å²) < 4.78 is 0. The van der Waals surface area contributed by atoms with Gasteiger partial charge in [-0.3, -0.25) is 9.59 Å². The summed E-state index contributed by atoms with van der Waals surface area (Å²) in [6.45, 7) is 4.23. The summed E-state index contributed by atoms with van der Waals surface area (Å²) in [5.74, 6) is -0.109. The number of carbonyl (C=O) groups excluding carboxylic acids is 1. The van der Waals surface area contributed by atoms with Gasteiger partial charge in [0.15, 0.2) is 0 Å². The molecule has 1 atom stereocenters. The minimum absolute atomic E-state index is 0.109. The Morgan fingerprint density at radius 3 is 2.95 bits per heavy atom. The SMILES string of the molecule is CC1CNCCN1C(=O)c1cc2ccccc2c(=O)[nH]1. The molecule has 1 aromatic carbocycles. The molecule has 1 aromatic heterocycles. The zero-order chi connectivity index (χ0) is 14.1. The number of nitrogens with one attached hydrogen (secondary N) is 2. The lowest BCUT2D eigenvalue weighted by Gasteiger charge is -2.33. The lowest BCUT2D eigenvalue weighted by Crippen LogP contribution is -2.52. The molecule has 5 nitrogen and oxygen atoms in total. The van der Waals surface area contributed by atoms with Crippen LogP contribution in [0, 0.1) is 0 Å². The first-order valence-electron chi connectivity index (χ1n) is 6.80. The molecule has 2 N–H and O–H groups in total. The number of amides is 1. The zero-order valence-electron chi connectivity index (χ0n) is 11.3. The second-order valence-corrected chi connectivity index (χ2v) is 5.15. The number of hydrogen-bond acceptors (Lipinski definition) is 3. The molecule has 0 saturated carbocycles. The number of aromatic nitrogens is 1. The topological polar surface area (TPSA) is 65.2 Å². The van der Waals surface area contributed by atoms with Crippen molar-refractivity contribution in [1.82, 2.24) is 15.2 Å². The number of fused-ring (bicyclic) bond motifs is 1. The molecule has 1 amide bonds. The minimum Gasteiger partial charge on any atom is -0.332 e. The van der Waals surface area contributed by atoms with E-state index in [0.29, 0.717) is 17.6 Å². The normalized spacial score (nSPS) is 19.2. The van der Waals surface area contributed by atoms with Crippen LogP contribution in [0.3, 0.4) is 0 Å². The fourth-order valence-corrected chi connectivity index (χ4v) is 2.62. The summed E-state index contributed by atoms with van der Waals surface area (Å²) in [5.41, 5.74) is 0.150. The number of H-pyrrole nitrogens is 1. The van der Waals surface area contributed by atoms with Crippen molar-refractivity contribution in [3.8, 4) is 0 Å². The Labute approximate surface area is 116 Å². The highest BCUT2D eigenvalue weighted by atomic mass is 16.2. The molecule has 0 bridgehead atoms. The number of aromatic amines is 1. The summed E-state index contributed by atoms with van der Waals surface area (Å²) in [7, 11) is 0. The van der Waals surface area contributed by atoms with Crippen LogP contribution >= 0.6 is 0 Å². The van der Waals surface area contributed by atoms with Gasteiger partial charge in [0.05, 0.1) is 0 Å². The van der Waals surface area contributed by atoms with E-state index < -0.39 is 0 Å². The predicted molar refractivity (Wildman–Crippen MR) is 77.9 cm³/mol. The van der Waals surface area contributed by atoms with E-state index in [1.54, 1.807) is 17.0 Å². The van der Waals surface area contributed by atoms with Crippen LogP contribution in [-0.4, -0.2) is 41.5 Å². The van der Waals surface area contributed by atoms with Gasteiger partial charge in [0.1, 0.15) is 5.69 Å². The minimum atomic E-state index is -0.214. The van der Waals surface area contributed by atoms with Gasteiger partial charge in [0.25, 0.3) is 11.5 Å². The van der Waals surface area contributed by atoms with Gasteiger partial charge in [0, 0.05) is 31.1 Å². The summed E-state index contributed by atoms with van der Waals surface area (Å²) in [6, 6.07) is 9.18. The molecule has 1 saturated heterocycles. The van der Waals surface area contributed by atoms with Gasteiger partial charge in [-0.25, -0.2) is 0 Å². The largest absolute Gasteiger partial charge is 0.332 e. The van der Waals surface area contributed by atoms with Crippen LogP contribution in [0.2, 0.25) is 0 Å². The number of nitrogens with zero attached hydrogens (tertiary/aromatic N) is 1. The second kappa shape index (κ2) is 5.09. The molecule has 0 spiro atoms. The van der Waals surface area contributed by atoms with Gasteiger partial charge >= 0.3 is 0 Å². The van der Waals surface area contributed by atoms with E-state index in [2.05, 4.69) is 10.3 Å². The Morgan fingerprint density at radius 1 is 1.35 bits per heavy atom. The molecule has 2 aromatic rings. The number of rotatable bonds is 1. The first kappa shape index (κ1) is 12.9. The highest BCUT2D eigenvalue weighted by Crippen LogP contribution is 2.13. The van der Waals surface area contributed by atoms with Gasteiger partial charge in [-0.2, -0.15) is 0 Å². The fourth-order valence-electron chi connectivity index (χ4n) is 2.62. The molecule has 104 valence electrons. The van der Waals surface area contributed by atoms with Crippen LogP contribution in [0.1, 0.15) is 17.4 Å². The standard InChI is InChI=1S/C15H17N3O2/c1-10-9-16-6-7-18(10)15(20)13-8-11-4-2-3-5-12(11)14(19)17-13/h2-5,8,10,16H,6-7,9H2,1H3,(H,17,19). The number of pyridine rings is 1. The number of benzene rings is 1. The third-order valence-corrected chi connectivity index (χ3v) is 3.75. The Bertz CT molecular complexity index is 708. The molecule has 1 unspecified atom stereocenters. The van der Waals surface area contributed by atoms with Crippen LogP contribution in [0.25, 0.3) is 10.8 Å². The quantitative estimate of drug-likeness (QED) is 0.812. The van der Waals surface area contributed by atoms with Crippen molar-refractivity contribution in [2.24, 2.45) is 0 Å². The van der Waals surface area contributed by atoms with Crippen LogP contribution in [0.5, 0.6) is 0 Å². The van der Waals surface area contributed by atoms with Gasteiger partial charge in [-0.1, -0.05) is 18.2 Å². The molecule has 5 heteroatoms. The van der Waals surface area contributed by atoms with Crippen molar-refractivity contribution >= 4 is 16.7 Å². The molecular weight excluding hydrogens is 254 g/mol. The van der Waals surface area contributed by atoms with E-state index in [-0.39, 0.29) is 17.5 Å². The average Bonchev–Trinajstić information content (AvgIpc) is 2.47.